The van der Waals surface area contributed by atoms with Crippen LogP contribution in [0, 0.1) is 45.8 Å². The van der Waals surface area contributed by atoms with Crippen LogP contribution in [0.3, 0.4) is 0 Å². The molecule has 0 heterocycles. The van der Waals surface area contributed by atoms with Gasteiger partial charge in [-0.25, -0.2) is 0 Å². The molecule has 0 aliphatic heterocycles. The lowest BCUT2D eigenvalue weighted by molar-refractivity contribution is -0.116. The molecule has 0 amide bonds. The van der Waals surface area contributed by atoms with Crippen molar-refractivity contribution in [2.24, 2.45) is 34.5 Å². The molecule has 0 radical (unpaired) electrons. The van der Waals surface area contributed by atoms with Crippen molar-refractivity contribution in [2.45, 2.75) is 77.7 Å². The number of hydrogen-bond donors (Lipinski definition) is 1. The Morgan fingerprint density at radius 2 is 1.91 bits per heavy atom. The number of hydrogen-bond acceptors (Lipinski definition) is 2. The zero-order valence-corrected chi connectivity index (χ0v) is 14.7. The minimum absolute atomic E-state index is 0.0462. The maximum absolute atomic E-state index is 10.1. The van der Waals surface area contributed by atoms with E-state index >= 15 is 0 Å². The normalized spacial score (nSPS) is 54.0. The molecule has 2 nitrogen and oxygen atoms in total. The van der Waals surface area contributed by atoms with E-state index < -0.39 is 0 Å². The van der Waals surface area contributed by atoms with Gasteiger partial charge < -0.3 is 5.11 Å². The van der Waals surface area contributed by atoms with Gasteiger partial charge in [-0.2, -0.15) is 5.26 Å². The van der Waals surface area contributed by atoms with Gasteiger partial charge in [-0.1, -0.05) is 19.4 Å². The van der Waals surface area contributed by atoms with Crippen LogP contribution in [-0.4, -0.2) is 11.2 Å². The third-order valence-electron chi connectivity index (χ3n) is 8.72. The highest BCUT2D eigenvalue weighted by molar-refractivity contribution is 5.28. The van der Waals surface area contributed by atoms with Gasteiger partial charge in [0.25, 0.3) is 0 Å². The van der Waals surface area contributed by atoms with Crippen LogP contribution < -0.4 is 0 Å². The fourth-order valence-electron chi connectivity index (χ4n) is 7.40. The van der Waals surface area contributed by atoms with Crippen LogP contribution in [0.4, 0.5) is 0 Å². The molecule has 2 unspecified atom stereocenters. The van der Waals surface area contributed by atoms with Crippen molar-refractivity contribution in [1.82, 2.24) is 0 Å². The number of nitrogens with zero attached hydrogens (tertiary/aromatic N) is 1. The molecule has 1 N–H and O–H groups in total. The van der Waals surface area contributed by atoms with E-state index in [1.54, 1.807) is 0 Å². The summed E-state index contributed by atoms with van der Waals surface area (Å²) in [6, 6.07) is 2.31. The monoisotopic (exact) mass is 313 g/mol. The Labute approximate surface area is 141 Å². The summed E-state index contributed by atoms with van der Waals surface area (Å²) in [7, 11) is 0. The molecule has 0 spiro atoms. The van der Waals surface area contributed by atoms with Crippen molar-refractivity contribution in [2.75, 3.05) is 0 Å². The summed E-state index contributed by atoms with van der Waals surface area (Å²) in [5.74, 6) is 3.25. The minimum atomic E-state index is -0.0462. The molecule has 0 aromatic heterocycles. The lowest BCUT2D eigenvalue weighted by atomic mass is 9.45. The van der Waals surface area contributed by atoms with Crippen LogP contribution in [0.15, 0.2) is 11.6 Å². The second-order valence-corrected chi connectivity index (χ2v) is 9.38. The van der Waals surface area contributed by atoms with Gasteiger partial charge in [-0.3, -0.25) is 0 Å². The maximum Gasteiger partial charge on any atom is 0.0911 e. The first kappa shape index (κ1) is 15.7. The molecule has 23 heavy (non-hydrogen) atoms. The van der Waals surface area contributed by atoms with Crippen LogP contribution in [0.5, 0.6) is 0 Å². The average Bonchev–Trinajstić information content (AvgIpc) is 2.85. The number of rotatable bonds is 0. The standard InChI is InChI=1S/C21H31NO/c1-20-11-8-19-17(18(20)6-4-14(20)9-12-22)5-3-15-13-16(23)7-10-21(15,19)2/h9,15-19,23H,3-8,10-11,13H2,1-2H3/b14-9+/t15-,16+,17-,18?,19?,20+,21-/m0/s1. The van der Waals surface area contributed by atoms with Gasteiger partial charge in [0.05, 0.1) is 12.2 Å². The van der Waals surface area contributed by atoms with E-state index in [1.807, 2.05) is 6.08 Å². The third kappa shape index (κ3) is 2.15. The van der Waals surface area contributed by atoms with Crippen LogP contribution in [0.1, 0.15) is 71.6 Å². The molecule has 7 atom stereocenters. The van der Waals surface area contributed by atoms with Crippen LogP contribution >= 0.6 is 0 Å². The number of fused-ring (bicyclic) bond motifs is 5. The van der Waals surface area contributed by atoms with E-state index in [2.05, 4.69) is 19.9 Å². The second-order valence-electron chi connectivity index (χ2n) is 9.38. The molecular weight excluding hydrogens is 282 g/mol. The number of nitriles is 1. The van der Waals surface area contributed by atoms with E-state index in [0.29, 0.717) is 10.8 Å². The third-order valence-corrected chi connectivity index (χ3v) is 8.72. The number of allylic oxidation sites excluding steroid dienone is 2. The first-order chi connectivity index (χ1) is 11.0. The van der Waals surface area contributed by atoms with Crippen molar-refractivity contribution >= 4 is 0 Å². The van der Waals surface area contributed by atoms with E-state index in [-0.39, 0.29) is 6.10 Å². The Morgan fingerprint density at radius 3 is 2.70 bits per heavy atom. The Balaban J connectivity index is 1.63. The Hall–Kier alpha value is -0.810. The summed E-state index contributed by atoms with van der Waals surface area (Å²) >= 11 is 0. The highest BCUT2D eigenvalue weighted by Crippen LogP contribution is 2.67. The van der Waals surface area contributed by atoms with Gasteiger partial charge in [0, 0.05) is 6.08 Å². The Morgan fingerprint density at radius 1 is 1.09 bits per heavy atom. The predicted molar refractivity (Wildman–Crippen MR) is 91.4 cm³/mol. The van der Waals surface area contributed by atoms with Crippen molar-refractivity contribution in [1.29, 1.82) is 5.26 Å². The fraction of sp³-hybridized carbons (Fsp3) is 0.857. The molecule has 0 saturated heterocycles. The van der Waals surface area contributed by atoms with Crippen LogP contribution in [-0.2, 0) is 0 Å². The largest absolute Gasteiger partial charge is 0.393 e. The Bertz CT molecular complexity index is 561. The van der Waals surface area contributed by atoms with Crippen molar-refractivity contribution < 1.29 is 5.11 Å². The summed E-state index contributed by atoms with van der Waals surface area (Å²) in [6.07, 6.45) is 12.8. The second kappa shape index (κ2) is 5.35. The van der Waals surface area contributed by atoms with Crippen molar-refractivity contribution in [3.63, 3.8) is 0 Å². The van der Waals surface area contributed by atoms with Crippen molar-refractivity contribution in [3.05, 3.63) is 11.6 Å². The number of aliphatic hydroxyl groups excluding tert-OH is 1. The molecule has 0 aromatic rings. The molecule has 0 bridgehead atoms. The molecular formula is C21H31NO. The summed E-state index contributed by atoms with van der Waals surface area (Å²) in [6.45, 7) is 4.99. The molecule has 4 aliphatic rings. The van der Waals surface area contributed by atoms with E-state index in [4.69, 9.17) is 5.26 Å². The zero-order valence-electron chi connectivity index (χ0n) is 14.7. The highest BCUT2D eigenvalue weighted by atomic mass is 16.3. The maximum atomic E-state index is 10.1. The molecule has 2 heteroatoms. The quantitative estimate of drug-likeness (QED) is 0.650. The Kier molecular flexibility index (Phi) is 3.65. The molecule has 4 saturated carbocycles. The van der Waals surface area contributed by atoms with E-state index in [9.17, 15) is 5.11 Å². The predicted octanol–water partition coefficient (Wildman–Crippen LogP) is 4.84. The lowest BCUT2D eigenvalue weighted by Crippen LogP contribution is -2.53. The lowest BCUT2D eigenvalue weighted by Gasteiger charge is -2.60. The van der Waals surface area contributed by atoms with Gasteiger partial charge in [0.15, 0.2) is 0 Å². The summed E-state index contributed by atoms with van der Waals surface area (Å²) in [4.78, 5) is 0. The SMILES string of the molecule is C[C@]12CCC3[C@@H](CC[C@H]4C[C@H](O)CC[C@]34C)C1CC/C2=C\C#N. The molecule has 4 fully saturated rings. The van der Waals surface area contributed by atoms with Gasteiger partial charge in [0.2, 0.25) is 0 Å². The topological polar surface area (TPSA) is 44.0 Å². The fourth-order valence-corrected chi connectivity index (χ4v) is 7.40. The van der Waals surface area contributed by atoms with Gasteiger partial charge in [-0.15, -0.1) is 0 Å². The average molecular weight is 313 g/mol. The molecule has 0 aromatic carbocycles. The first-order valence-corrected chi connectivity index (χ1v) is 9.76. The van der Waals surface area contributed by atoms with Crippen molar-refractivity contribution in [3.8, 4) is 6.07 Å². The summed E-state index contributed by atoms with van der Waals surface area (Å²) in [5, 5.41) is 19.2. The summed E-state index contributed by atoms with van der Waals surface area (Å²) < 4.78 is 0. The van der Waals surface area contributed by atoms with Gasteiger partial charge in [-0.05, 0) is 92.3 Å². The van der Waals surface area contributed by atoms with Crippen LogP contribution in [0.25, 0.3) is 0 Å². The number of aliphatic hydroxyl groups is 1. The van der Waals surface area contributed by atoms with Gasteiger partial charge >= 0.3 is 0 Å². The van der Waals surface area contributed by atoms with Crippen LogP contribution in [0.2, 0.25) is 0 Å². The molecule has 126 valence electrons. The molecule has 4 aliphatic carbocycles. The van der Waals surface area contributed by atoms with Gasteiger partial charge in [0.1, 0.15) is 0 Å². The van der Waals surface area contributed by atoms with E-state index in [0.717, 1.165) is 42.9 Å². The highest BCUT2D eigenvalue weighted by Gasteiger charge is 2.58. The first-order valence-electron chi connectivity index (χ1n) is 9.76. The minimum Gasteiger partial charge on any atom is -0.393 e. The summed E-state index contributed by atoms with van der Waals surface area (Å²) in [5.41, 5.74) is 2.20. The smallest absolute Gasteiger partial charge is 0.0911 e. The zero-order chi connectivity index (χ0) is 16.2. The molecule has 4 rings (SSSR count). The van der Waals surface area contributed by atoms with E-state index in [1.165, 1.54) is 44.1 Å².